The molecule has 0 atom stereocenters. The van der Waals surface area contributed by atoms with Crippen LogP contribution in [0.25, 0.3) is 28.2 Å². The summed E-state index contributed by atoms with van der Waals surface area (Å²) in [6.07, 6.45) is 6.39. The molecule has 4 aromatic rings. The number of imidazole rings is 1. The van der Waals surface area contributed by atoms with Crippen LogP contribution in [0.1, 0.15) is 10.4 Å². The number of carbonyl (C=O) groups excluding carboxylic acids is 1. The second kappa shape index (κ2) is 5.91. The maximum Gasteiger partial charge on any atom is 0.163 e. The molecule has 116 valence electrons. The van der Waals surface area contributed by atoms with Gasteiger partial charge in [-0.05, 0) is 12.1 Å². The average molecular weight is 334 g/mol. The van der Waals surface area contributed by atoms with E-state index in [0.717, 1.165) is 34.4 Å². The first kappa shape index (κ1) is 14.6. The molecule has 5 heteroatoms. The number of rotatable bonds is 3. The van der Waals surface area contributed by atoms with Crippen LogP contribution in [0.3, 0.4) is 0 Å². The molecule has 0 amide bonds. The third-order valence-electron chi connectivity index (χ3n) is 3.83. The van der Waals surface area contributed by atoms with Gasteiger partial charge in [-0.25, -0.2) is 9.97 Å². The summed E-state index contributed by atoms with van der Waals surface area (Å²) in [5.41, 5.74) is 4.90. The molecule has 0 spiro atoms. The lowest BCUT2D eigenvalue weighted by Crippen LogP contribution is -1.96. The molecule has 4 rings (SSSR count). The van der Waals surface area contributed by atoms with Crippen molar-refractivity contribution in [3.8, 4) is 22.5 Å². The van der Waals surface area contributed by atoms with Crippen LogP contribution in [0.2, 0.25) is 5.02 Å². The van der Waals surface area contributed by atoms with E-state index in [2.05, 4.69) is 4.98 Å². The van der Waals surface area contributed by atoms with Crippen LogP contribution in [-0.4, -0.2) is 20.7 Å². The standard InChI is InChI=1S/C19H12ClN3O/c20-16-7-5-15(6-8-16)18-19-21-9-10-23(19)11-17(22-18)14-3-1-13(12-24)2-4-14/h1-12H. The number of carbonyl (C=O) groups is 1. The lowest BCUT2D eigenvalue weighted by molar-refractivity contribution is 0.112. The maximum atomic E-state index is 10.8. The Morgan fingerprint density at radius 2 is 1.67 bits per heavy atom. The minimum absolute atomic E-state index is 0.639. The van der Waals surface area contributed by atoms with Gasteiger partial charge in [0.05, 0.1) is 5.69 Å². The molecule has 0 unspecified atom stereocenters. The number of halogens is 1. The molecule has 0 aliphatic rings. The molecule has 4 nitrogen and oxygen atoms in total. The highest BCUT2D eigenvalue weighted by molar-refractivity contribution is 6.30. The summed E-state index contributed by atoms with van der Waals surface area (Å²) in [5.74, 6) is 0. The summed E-state index contributed by atoms with van der Waals surface area (Å²) in [6.45, 7) is 0. The van der Waals surface area contributed by atoms with E-state index in [9.17, 15) is 4.79 Å². The third-order valence-corrected chi connectivity index (χ3v) is 4.09. The fourth-order valence-corrected chi connectivity index (χ4v) is 2.73. The number of aldehydes is 1. The zero-order valence-corrected chi connectivity index (χ0v) is 13.3. The Morgan fingerprint density at radius 1 is 0.958 bits per heavy atom. The molecule has 0 radical (unpaired) electrons. The van der Waals surface area contributed by atoms with Gasteiger partial charge in [0.25, 0.3) is 0 Å². The number of nitrogens with zero attached hydrogens (tertiary/aromatic N) is 3. The zero-order valence-electron chi connectivity index (χ0n) is 12.6. The van der Waals surface area contributed by atoms with Crippen molar-refractivity contribution >= 4 is 23.5 Å². The molecular weight excluding hydrogens is 322 g/mol. The van der Waals surface area contributed by atoms with Crippen LogP contribution in [0.4, 0.5) is 0 Å². The molecule has 0 fully saturated rings. The first-order valence-electron chi connectivity index (χ1n) is 7.40. The zero-order chi connectivity index (χ0) is 16.5. The fraction of sp³-hybridized carbons (Fsp3) is 0. The molecule has 0 saturated carbocycles. The average Bonchev–Trinajstić information content (AvgIpc) is 3.10. The van der Waals surface area contributed by atoms with Crippen LogP contribution in [-0.2, 0) is 0 Å². The predicted molar refractivity (Wildman–Crippen MR) is 94.3 cm³/mol. The number of hydrogen-bond donors (Lipinski definition) is 0. The molecule has 2 heterocycles. The van der Waals surface area contributed by atoms with Crippen LogP contribution < -0.4 is 0 Å². The second-order valence-corrected chi connectivity index (χ2v) is 5.82. The van der Waals surface area contributed by atoms with Gasteiger partial charge in [0.2, 0.25) is 0 Å². The largest absolute Gasteiger partial charge is 0.303 e. The molecule has 0 aliphatic carbocycles. The normalized spacial score (nSPS) is 10.9. The van der Waals surface area contributed by atoms with Crippen molar-refractivity contribution in [2.45, 2.75) is 0 Å². The van der Waals surface area contributed by atoms with Crippen molar-refractivity contribution in [2.24, 2.45) is 0 Å². The van der Waals surface area contributed by atoms with E-state index in [1.54, 1.807) is 18.3 Å². The maximum absolute atomic E-state index is 10.8. The van der Waals surface area contributed by atoms with E-state index >= 15 is 0 Å². The summed E-state index contributed by atoms with van der Waals surface area (Å²) >= 11 is 5.98. The summed E-state index contributed by atoms with van der Waals surface area (Å²) in [5, 5.41) is 0.679. The lowest BCUT2D eigenvalue weighted by atomic mass is 10.1. The van der Waals surface area contributed by atoms with Gasteiger partial charge >= 0.3 is 0 Å². The van der Waals surface area contributed by atoms with Crippen LogP contribution in [0, 0.1) is 0 Å². The molecule has 2 aromatic carbocycles. The van der Waals surface area contributed by atoms with E-state index in [0.29, 0.717) is 10.6 Å². The van der Waals surface area contributed by atoms with Crippen molar-refractivity contribution in [3.05, 3.63) is 77.7 Å². The van der Waals surface area contributed by atoms with Gasteiger partial charge in [0.1, 0.15) is 12.0 Å². The van der Waals surface area contributed by atoms with E-state index in [-0.39, 0.29) is 0 Å². The number of aromatic nitrogens is 3. The Bertz CT molecular complexity index is 1020. The van der Waals surface area contributed by atoms with Crippen LogP contribution in [0.15, 0.2) is 67.1 Å². The Kier molecular flexibility index (Phi) is 3.59. The molecule has 24 heavy (non-hydrogen) atoms. The van der Waals surface area contributed by atoms with E-state index < -0.39 is 0 Å². The number of fused-ring (bicyclic) bond motifs is 1. The predicted octanol–water partition coefficient (Wildman–Crippen LogP) is 4.53. The third kappa shape index (κ3) is 2.57. The molecule has 0 bridgehead atoms. The number of benzene rings is 2. The minimum atomic E-state index is 0.639. The van der Waals surface area contributed by atoms with Crippen LogP contribution in [0.5, 0.6) is 0 Å². The second-order valence-electron chi connectivity index (χ2n) is 5.38. The van der Waals surface area contributed by atoms with Crippen molar-refractivity contribution in [1.82, 2.24) is 14.4 Å². The molecule has 0 aliphatic heterocycles. The summed E-state index contributed by atoms with van der Waals surface area (Å²) < 4.78 is 1.94. The van der Waals surface area contributed by atoms with Crippen molar-refractivity contribution in [2.75, 3.05) is 0 Å². The fourth-order valence-electron chi connectivity index (χ4n) is 2.60. The Labute approximate surface area is 143 Å². The Balaban J connectivity index is 1.91. The molecule has 0 N–H and O–H groups in total. The summed E-state index contributed by atoms with van der Waals surface area (Å²) in [4.78, 5) is 20.0. The molecular formula is C19H12ClN3O. The first-order valence-corrected chi connectivity index (χ1v) is 7.78. The molecule has 2 aromatic heterocycles. The Hall–Kier alpha value is -2.98. The smallest absolute Gasteiger partial charge is 0.163 e. The van der Waals surface area contributed by atoms with Gasteiger partial charge in [-0.3, -0.25) is 4.79 Å². The van der Waals surface area contributed by atoms with Gasteiger partial charge in [-0.1, -0.05) is 48.0 Å². The van der Waals surface area contributed by atoms with Gasteiger partial charge < -0.3 is 4.40 Å². The van der Waals surface area contributed by atoms with Gasteiger partial charge in [0.15, 0.2) is 5.65 Å². The highest BCUT2D eigenvalue weighted by Crippen LogP contribution is 2.27. The van der Waals surface area contributed by atoms with Gasteiger partial charge in [-0.15, -0.1) is 0 Å². The van der Waals surface area contributed by atoms with Gasteiger partial charge in [-0.2, -0.15) is 0 Å². The number of hydrogen-bond acceptors (Lipinski definition) is 3. The van der Waals surface area contributed by atoms with Crippen molar-refractivity contribution < 1.29 is 4.79 Å². The minimum Gasteiger partial charge on any atom is -0.303 e. The monoisotopic (exact) mass is 333 g/mol. The lowest BCUT2D eigenvalue weighted by Gasteiger charge is -2.08. The van der Waals surface area contributed by atoms with Crippen molar-refractivity contribution in [1.29, 1.82) is 0 Å². The summed E-state index contributed by atoms with van der Waals surface area (Å²) in [7, 11) is 0. The van der Waals surface area contributed by atoms with E-state index in [4.69, 9.17) is 16.6 Å². The quantitative estimate of drug-likeness (QED) is 0.517. The van der Waals surface area contributed by atoms with Gasteiger partial charge in [0, 0.05) is 40.3 Å². The van der Waals surface area contributed by atoms with Crippen LogP contribution >= 0.6 is 11.6 Å². The highest BCUT2D eigenvalue weighted by atomic mass is 35.5. The van der Waals surface area contributed by atoms with E-state index in [1.165, 1.54) is 0 Å². The van der Waals surface area contributed by atoms with Crippen molar-refractivity contribution in [3.63, 3.8) is 0 Å². The topological polar surface area (TPSA) is 47.3 Å². The van der Waals surface area contributed by atoms with E-state index in [1.807, 2.05) is 53.2 Å². The molecule has 0 saturated heterocycles. The summed E-state index contributed by atoms with van der Waals surface area (Å²) in [6, 6.07) is 14.9. The Morgan fingerprint density at radius 3 is 2.38 bits per heavy atom. The highest BCUT2D eigenvalue weighted by Gasteiger charge is 2.11. The first-order chi connectivity index (χ1) is 11.7. The SMILES string of the molecule is O=Cc1ccc(-c2cn3ccnc3c(-c3ccc(Cl)cc3)n2)cc1.